The van der Waals surface area contributed by atoms with Crippen LogP contribution in [0.3, 0.4) is 0 Å². The van der Waals surface area contributed by atoms with Crippen molar-refractivity contribution in [3.63, 3.8) is 0 Å². The van der Waals surface area contributed by atoms with Crippen molar-refractivity contribution in [2.24, 2.45) is 5.73 Å². The number of rotatable bonds is 3. The van der Waals surface area contributed by atoms with Gasteiger partial charge in [-0.2, -0.15) is 0 Å². The molecule has 0 radical (unpaired) electrons. The van der Waals surface area contributed by atoms with Gasteiger partial charge in [0.25, 0.3) is 0 Å². The smallest absolute Gasteiger partial charge is 0.152 e. The maximum Gasteiger partial charge on any atom is 0.152 e. The summed E-state index contributed by atoms with van der Waals surface area (Å²) in [5, 5.41) is 9.47. The molecular weight excluding hydrogens is 244 g/mol. The highest BCUT2D eigenvalue weighted by Gasteiger charge is 2.27. The molecule has 1 unspecified atom stereocenters. The number of hydrogen-bond donors (Lipinski definition) is 2. The number of aliphatic hydroxyl groups is 1. The van der Waals surface area contributed by atoms with E-state index in [9.17, 15) is 5.11 Å². The largest absolute Gasteiger partial charge is 0.394 e. The van der Waals surface area contributed by atoms with E-state index in [1.807, 2.05) is 28.8 Å². The van der Waals surface area contributed by atoms with Crippen molar-refractivity contribution in [1.82, 2.24) is 9.38 Å². The van der Waals surface area contributed by atoms with E-state index in [0.717, 1.165) is 23.7 Å². The fourth-order valence-electron chi connectivity index (χ4n) is 2.54. The number of hydrogen-bond acceptors (Lipinski definition) is 5. The molecular formula is C13H18N4O2. The Kier molecular flexibility index (Phi) is 3.37. The van der Waals surface area contributed by atoms with E-state index in [4.69, 9.17) is 10.5 Å². The molecule has 19 heavy (non-hydrogen) atoms. The Hall–Kier alpha value is -1.63. The van der Waals surface area contributed by atoms with Gasteiger partial charge >= 0.3 is 0 Å². The van der Waals surface area contributed by atoms with E-state index in [1.165, 1.54) is 0 Å². The van der Waals surface area contributed by atoms with E-state index in [-0.39, 0.29) is 12.6 Å². The molecule has 6 nitrogen and oxygen atoms in total. The summed E-state index contributed by atoms with van der Waals surface area (Å²) in [7, 11) is 0. The molecule has 0 aliphatic carbocycles. The van der Waals surface area contributed by atoms with Gasteiger partial charge in [-0.3, -0.25) is 0 Å². The van der Waals surface area contributed by atoms with Gasteiger partial charge in [0, 0.05) is 19.3 Å². The fraction of sp³-hybridized carbons (Fsp3) is 0.462. The average molecular weight is 262 g/mol. The molecule has 102 valence electrons. The monoisotopic (exact) mass is 262 g/mol. The van der Waals surface area contributed by atoms with Crippen LogP contribution >= 0.6 is 0 Å². The van der Waals surface area contributed by atoms with Gasteiger partial charge in [0.15, 0.2) is 5.82 Å². The van der Waals surface area contributed by atoms with Gasteiger partial charge in [0.05, 0.1) is 31.6 Å². The zero-order chi connectivity index (χ0) is 13.2. The molecule has 1 fully saturated rings. The third kappa shape index (κ3) is 2.07. The zero-order valence-electron chi connectivity index (χ0n) is 10.7. The van der Waals surface area contributed by atoms with E-state index in [1.54, 1.807) is 0 Å². The number of morpholine rings is 1. The molecule has 0 spiro atoms. The lowest BCUT2D eigenvalue weighted by molar-refractivity contribution is 0.0722. The summed E-state index contributed by atoms with van der Waals surface area (Å²) in [6.07, 6.45) is 1.96. The molecule has 1 atom stereocenters. The first kappa shape index (κ1) is 12.4. The maximum atomic E-state index is 9.47. The van der Waals surface area contributed by atoms with Gasteiger partial charge in [-0.15, -0.1) is 0 Å². The number of fused-ring (bicyclic) bond motifs is 1. The van der Waals surface area contributed by atoms with Crippen LogP contribution in [0.2, 0.25) is 0 Å². The van der Waals surface area contributed by atoms with Crippen molar-refractivity contribution in [2.45, 2.75) is 12.6 Å². The minimum Gasteiger partial charge on any atom is -0.394 e. The van der Waals surface area contributed by atoms with E-state index in [0.29, 0.717) is 19.8 Å². The van der Waals surface area contributed by atoms with Crippen LogP contribution in [0.4, 0.5) is 5.82 Å². The van der Waals surface area contributed by atoms with Gasteiger partial charge in [-0.25, -0.2) is 4.98 Å². The summed E-state index contributed by atoms with van der Waals surface area (Å²) in [4.78, 5) is 6.74. The molecule has 0 aromatic carbocycles. The lowest BCUT2D eigenvalue weighted by Crippen LogP contribution is -2.48. The summed E-state index contributed by atoms with van der Waals surface area (Å²) >= 11 is 0. The fourth-order valence-corrected chi connectivity index (χ4v) is 2.54. The Morgan fingerprint density at radius 3 is 3.16 bits per heavy atom. The van der Waals surface area contributed by atoms with E-state index >= 15 is 0 Å². The minimum atomic E-state index is -0.0519. The normalized spacial score (nSPS) is 20.1. The molecule has 0 saturated carbocycles. The molecule has 0 amide bonds. The number of ether oxygens (including phenoxy) is 1. The minimum absolute atomic E-state index is 0.0519. The van der Waals surface area contributed by atoms with Crippen molar-refractivity contribution < 1.29 is 9.84 Å². The number of anilines is 1. The van der Waals surface area contributed by atoms with Gasteiger partial charge in [-0.05, 0) is 12.1 Å². The van der Waals surface area contributed by atoms with Crippen LogP contribution in [0.25, 0.3) is 5.65 Å². The summed E-state index contributed by atoms with van der Waals surface area (Å²) < 4.78 is 7.40. The topological polar surface area (TPSA) is 76.0 Å². The van der Waals surface area contributed by atoms with Crippen LogP contribution in [0.1, 0.15) is 5.69 Å². The lowest BCUT2D eigenvalue weighted by Gasteiger charge is -2.35. The standard InChI is InChI=1S/C13H18N4O2/c14-7-11-13(15-12-3-1-2-4-17(11)12)16-5-6-19-9-10(16)8-18/h1-4,10,18H,5-9,14H2. The highest BCUT2D eigenvalue weighted by molar-refractivity contribution is 5.56. The molecule has 3 N–H and O–H groups in total. The molecule has 3 rings (SSSR count). The number of imidazole rings is 1. The van der Waals surface area contributed by atoms with E-state index < -0.39 is 0 Å². The lowest BCUT2D eigenvalue weighted by atomic mass is 10.2. The first-order valence-corrected chi connectivity index (χ1v) is 6.46. The molecule has 0 bridgehead atoms. The Morgan fingerprint density at radius 1 is 1.47 bits per heavy atom. The Balaban J connectivity index is 2.07. The van der Waals surface area contributed by atoms with Crippen LogP contribution in [-0.4, -0.2) is 46.9 Å². The Bertz CT molecular complexity index is 569. The quantitative estimate of drug-likeness (QED) is 0.813. The van der Waals surface area contributed by atoms with Gasteiger partial charge in [0.2, 0.25) is 0 Å². The summed E-state index contributed by atoms with van der Waals surface area (Å²) in [5.41, 5.74) is 7.72. The molecule has 6 heteroatoms. The first-order valence-electron chi connectivity index (χ1n) is 6.46. The highest BCUT2D eigenvalue weighted by atomic mass is 16.5. The number of nitrogens with zero attached hydrogens (tertiary/aromatic N) is 3. The number of aliphatic hydroxyl groups excluding tert-OH is 1. The molecule has 1 saturated heterocycles. The van der Waals surface area contributed by atoms with Gasteiger partial charge < -0.3 is 24.9 Å². The van der Waals surface area contributed by atoms with Crippen LogP contribution in [0.15, 0.2) is 24.4 Å². The molecule has 2 aromatic rings. The summed E-state index contributed by atoms with van der Waals surface area (Å²) in [5.74, 6) is 0.857. The second kappa shape index (κ2) is 5.16. The van der Waals surface area contributed by atoms with Crippen molar-refractivity contribution >= 4 is 11.5 Å². The van der Waals surface area contributed by atoms with Crippen LogP contribution in [0, 0.1) is 0 Å². The van der Waals surface area contributed by atoms with Crippen LogP contribution in [-0.2, 0) is 11.3 Å². The van der Waals surface area contributed by atoms with Gasteiger partial charge in [-0.1, -0.05) is 6.07 Å². The van der Waals surface area contributed by atoms with Crippen LogP contribution in [0.5, 0.6) is 0 Å². The van der Waals surface area contributed by atoms with E-state index in [2.05, 4.69) is 9.88 Å². The predicted octanol–water partition coefficient (Wildman–Crippen LogP) is -0.00950. The summed E-state index contributed by atoms with van der Waals surface area (Å²) in [6.45, 7) is 2.36. The molecule has 1 aliphatic heterocycles. The SMILES string of the molecule is NCc1c(N2CCOCC2CO)nc2ccccn12. The average Bonchev–Trinajstić information content (AvgIpc) is 2.85. The predicted molar refractivity (Wildman–Crippen MR) is 72.1 cm³/mol. The molecule has 3 heterocycles. The number of pyridine rings is 1. The Labute approximate surface area is 111 Å². The van der Waals surface area contributed by atoms with Crippen molar-refractivity contribution in [1.29, 1.82) is 0 Å². The van der Waals surface area contributed by atoms with Crippen molar-refractivity contribution in [3.8, 4) is 0 Å². The summed E-state index contributed by atoms with van der Waals surface area (Å²) in [6, 6.07) is 5.82. The molecule has 1 aliphatic rings. The molecule has 2 aromatic heterocycles. The second-order valence-electron chi connectivity index (χ2n) is 4.62. The van der Waals surface area contributed by atoms with Crippen molar-refractivity contribution in [3.05, 3.63) is 30.1 Å². The number of aromatic nitrogens is 2. The third-order valence-electron chi connectivity index (χ3n) is 3.51. The van der Waals surface area contributed by atoms with Crippen LogP contribution < -0.4 is 10.6 Å². The van der Waals surface area contributed by atoms with Crippen molar-refractivity contribution in [2.75, 3.05) is 31.3 Å². The third-order valence-corrected chi connectivity index (χ3v) is 3.51. The van der Waals surface area contributed by atoms with Gasteiger partial charge in [0.1, 0.15) is 5.65 Å². The number of nitrogens with two attached hydrogens (primary N) is 1. The Morgan fingerprint density at radius 2 is 2.37 bits per heavy atom. The highest BCUT2D eigenvalue weighted by Crippen LogP contribution is 2.24. The first-order chi connectivity index (χ1) is 9.35. The second-order valence-corrected chi connectivity index (χ2v) is 4.62. The zero-order valence-corrected chi connectivity index (χ0v) is 10.7. The maximum absolute atomic E-state index is 9.47.